The van der Waals surface area contributed by atoms with Gasteiger partial charge in [0.05, 0.1) is 15.6 Å². The molecule has 1 fully saturated rings. The molecule has 1 aliphatic rings. The van der Waals surface area contributed by atoms with Crippen molar-refractivity contribution in [2.45, 2.75) is 36.6 Å². The van der Waals surface area contributed by atoms with Crippen LogP contribution in [0.1, 0.15) is 25.7 Å². The Morgan fingerprint density at radius 2 is 2.05 bits per heavy atom. The lowest BCUT2D eigenvalue weighted by molar-refractivity contribution is 0.164. The Bertz CT molecular complexity index is 577. The van der Waals surface area contributed by atoms with Crippen LogP contribution in [0.15, 0.2) is 23.1 Å². The molecule has 7 heteroatoms. The van der Waals surface area contributed by atoms with E-state index < -0.39 is 10.0 Å². The molecule has 0 saturated heterocycles. The maximum Gasteiger partial charge on any atom is 0.240 e. The largest absolute Gasteiger partial charge is 0.397 e. The Kier molecular flexibility index (Phi) is 4.90. The molecule has 20 heavy (non-hydrogen) atoms. The fourth-order valence-corrected chi connectivity index (χ4v) is 4.03. The van der Waals surface area contributed by atoms with Crippen molar-refractivity contribution in [1.82, 2.24) is 4.72 Å². The fourth-order valence-electron chi connectivity index (χ4n) is 2.54. The number of aliphatic hydroxyl groups excluding tert-OH is 1. The van der Waals surface area contributed by atoms with Gasteiger partial charge in [0.1, 0.15) is 0 Å². The van der Waals surface area contributed by atoms with Gasteiger partial charge in [-0.05, 0) is 37.0 Å². The molecule has 0 amide bonds. The summed E-state index contributed by atoms with van der Waals surface area (Å²) in [5.74, 6) is -0.0248. The van der Waals surface area contributed by atoms with Crippen LogP contribution >= 0.6 is 11.6 Å². The van der Waals surface area contributed by atoms with Crippen LogP contribution in [0.25, 0.3) is 0 Å². The van der Waals surface area contributed by atoms with Gasteiger partial charge in [-0.15, -0.1) is 0 Å². The second kappa shape index (κ2) is 6.30. The number of aliphatic hydroxyl groups is 1. The number of hydrogen-bond acceptors (Lipinski definition) is 4. The average molecular weight is 319 g/mol. The van der Waals surface area contributed by atoms with E-state index in [1.54, 1.807) is 0 Å². The van der Waals surface area contributed by atoms with Crippen LogP contribution in [0.4, 0.5) is 5.69 Å². The topological polar surface area (TPSA) is 92.4 Å². The summed E-state index contributed by atoms with van der Waals surface area (Å²) in [4.78, 5) is 0.0988. The number of anilines is 1. The van der Waals surface area contributed by atoms with Crippen LogP contribution in [0, 0.1) is 5.92 Å². The monoisotopic (exact) mass is 318 g/mol. The molecule has 4 N–H and O–H groups in total. The lowest BCUT2D eigenvalue weighted by Gasteiger charge is -2.30. The van der Waals surface area contributed by atoms with Crippen molar-refractivity contribution in [2.24, 2.45) is 5.92 Å². The summed E-state index contributed by atoms with van der Waals surface area (Å²) in [5.41, 5.74) is 5.87. The molecular formula is C13H19ClN2O3S. The highest BCUT2D eigenvalue weighted by atomic mass is 35.5. The first-order chi connectivity index (χ1) is 9.44. The average Bonchev–Trinajstić information content (AvgIpc) is 2.42. The minimum absolute atomic E-state index is 0.00402. The molecule has 2 unspecified atom stereocenters. The van der Waals surface area contributed by atoms with Crippen LogP contribution in [0.2, 0.25) is 5.02 Å². The van der Waals surface area contributed by atoms with Crippen molar-refractivity contribution in [1.29, 1.82) is 0 Å². The lowest BCUT2D eigenvalue weighted by atomic mass is 9.86. The molecular weight excluding hydrogens is 300 g/mol. The summed E-state index contributed by atoms with van der Waals surface area (Å²) in [6.07, 6.45) is 3.57. The van der Waals surface area contributed by atoms with Crippen molar-refractivity contribution >= 4 is 27.3 Å². The number of nitrogens with two attached hydrogens (primary N) is 1. The van der Waals surface area contributed by atoms with Crippen molar-refractivity contribution < 1.29 is 13.5 Å². The van der Waals surface area contributed by atoms with Gasteiger partial charge in [0.25, 0.3) is 0 Å². The van der Waals surface area contributed by atoms with Crippen molar-refractivity contribution in [2.75, 3.05) is 12.3 Å². The predicted molar refractivity (Wildman–Crippen MR) is 79.0 cm³/mol. The molecule has 1 aliphatic carbocycles. The number of benzene rings is 1. The van der Waals surface area contributed by atoms with Crippen molar-refractivity contribution in [3.63, 3.8) is 0 Å². The first kappa shape index (κ1) is 15.6. The highest BCUT2D eigenvalue weighted by molar-refractivity contribution is 7.89. The summed E-state index contributed by atoms with van der Waals surface area (Å²) >= 11 is 5.79. The van der Waals surface area contributed by atoms with E-state index in [4.69, 9.17) is 17.3 Å². The molecule has 1 aromatic carbocycles. The Balaban J connectivity index is 2.19. The van der Waals surface area contributed by atoms with Gasteiger partial charge in [0.15, 0.2) is 0 Å². The zero-order valence-corrected chi connectivity index (χ0v) is 12.6. The van der Waals surface area contributed by atoms with Crippen LogP contribution in [0.3, 0.4) is 0 Å². The van der Waals surface area contributed by atoms with Gasteiger partial charge in [0.2, 0.25) is 10.0 Å². The fraction of sp³-hybridized carbons (Fsp3) is 0.538. The molecule has 0 bridgehead atoms. The standard InChI is InChI=1S/C13H19ClN2O3S/c14-11-6-5-10(7-12(11)15)20(18,19)16-13-4-2-1-3-9(13)8-17/h5-7,9,13,16-17H,1-4,8,15H2. The third kappa shape index (κ3) is 3.44. The lowest BCUT2D eigenvalue weighted by Crippen LogP contribution is -2.43. The van der Waals surface area contributed by atoms with E-state index >= 15 is 0 Å². The highest BCUT2D eigenvalue weighted by Crippen LogP contribution is 2.27. The third-order valence-electron chi connectivity index (χ3n) is 3.73. The Morgan fingerprint density at radius 1 is 1.35 bits per heavy atom. The SMILES string of the molecule is Nc1cc(S(=O)(=O)NC2CCCCC2CO)ccc1Cl. The zero-order valence-electron chi connectivity index (χ0n) is 11.0. The van der Waals surface area contributed by atoms with E-state index in [0.29, 0.717) is 5.02 Å². The number of rotatable bonds is 4. The zero-order chi connectivity index (χ0) is 14.8. The minimum Gasteiger partial charge on any atom is -0.397 e. The Morgan fingerprint density at radius 3 is 2.70 bits per heavy atom. The maximum absolute atomic E-state index is 12.3. The summed E-state index contributed by atoms with van der Waals surface area (Å²) < 4.78 is 27.3. The maximum atomic E-state index is 12.3. The van der Waals surface area contributed by atoms with E-state index in [0.717, 1.165) is 25.7 Å². The summed E-state index contributed by atoms with van der Waals surface area (Å²) in [7, 11) is -3.64. The van der Waals surface area contributed by atoms with E-state index in [1.807, 2.05) is 0 Å². The first-order valence-electron chi connectivity index (χ1n) is 6.62. The predicted octanol–water partition coefficient (Wildman–Crippen LogP) is 1.75. The van der Waals surface area contributed by atoms with Gasteiger partial charge in [-0.1, -0.05) is 24.4 Å². The molecule has 0 spiro atoms. The normalized spacial score (nSPS) is 23.7. The molecule has 0 heterocycles. The quantitative estimate of drug-likeness (QED) is 0.737. The number of halogens is 1. The van der Waals surface area contributed by atoms with E-state index in [9.17, 15) is 13.5 Å². The second-order valence-corrected chi connectivity index (χ2v) is 7.26. The smallest absolute Gasteiger partial charge is 0.240 e. The molecule has 0 aliphatic heterocycles. The first-order valence-corrected chi connectivity index (χ1v) is 8.48. The molecule has 5 nitrogen and oxygen atoms in total. The summed E-state index contributed by atoms with van der Waals surface area (Å²) in [6, 6.07) is 4.02. The Labute approximate surface area is 124 Å². The van der Waals surface area contributed by atoms with Crippen LogP contribution in [-0.2, 0) is 10.0 Å². The third-order valence-corrected chi connectivity index (χ3v) is 5.56. The molecule has 1 aromatic rings. The van der Waals surface area contributed by atoms with Crippen molar-refractivity contribution in [3.05, 3.63) is 23.2 Å². The van der Waals surface area contributed by atoms with Gasteiger partial charge in [-0.2, -0.15) is 0 Å². The van der Waals surface area contributed by atoms with Crippen LogP contribution in [-0.4, -0.2) is 26.2 Å². The summed E-state index contributed by atoms with van der Waals surface area (Å²) in [6.45, 7) is -0.00402. The van der Waals surface area contributed by atoms with Gasteiger partial charge in [-0.3, -0.25) is 0 Å². The molecule has 1 saturated carbocycles. The van der Waals surface area contributed by atoms with E-state index in [-0.39, 0.29) is 29.1 Å². The van der Waals surface area contributed by atoms with Crippen LogP contribution in [0.5, 0.6) is 0 Å². The van der Waals surface area contributed by atoms with Gasteiger partial charge < -0.3 is 10.8 Å². The summed E-state index contributed by atoms with van der Waals surface area (Å²) in [5, 5.41) is 9.67. The van der Waals surface area contributed by atoms with E-state index in [1.165, 1.54) is 18.2 Å². The van der Waals surface area contributed by atoms with Crippen molar-refractivity contribution in [3.8, 4) is 0 Å². The molecule has 2 atom stereocenters. The molecule has 0 aromatic heterocycles. The molecule has 0 radical (unpaired) electrons. The molecule has 2 rings (SSSR count). The molecule has 112 valence electrons. The number of nitrogen functional groups attached to an aromatic ring is 1. The number of nitrogens with one attached hydrogen (secondary N) is 1. The Hall–Kier alpha value is -0.820. The number of sulfonamides is 1. The van der Waals surface area contributed by atoms with Gasteiger partial charge in [-0.25, -0.2) is 13.1 Å². The number of hydrogen-bond donors (Lipinski definition) is 3. The highest BCUT2D eigenvalue weighted by Gasteiger charge is 2.29. The van der Waals surface area contributed by atoms with Gasteiger partial charge in [0, 0.05) is 12.6 Å². The van der Waals surface area contributed by atoms with Gasteiger partial charge >= 0.3 is 0 Å². The van der Waals surface area contributed by atoms with Crippen LogP contribution < -0.4 is 10.5 Å². The second-order valence-electron chi connectivity index (χ2n) is 5.14. The minimum atomic E-state index is -3.64. The van der Waals surface area contributed by atoms with E-state index in [2.05, 4.69) is 4.72 Å².